The highest BCUT2D eigenvalue weighted by molar-refractivity contribution is 5.46. The third-order valence-corrected chi connectivity index (χ3v) is 5.36. The standard InChI is InChI=1S/C20H29N7O/c1-13-9-17(26-18(21-4)23-13)24-15-10-20(2,3)11-16-14(15)12-22-19(25-16)27-5-7-28-8-6-27/h9,12,15H,5-8,10-11H2,1-4H3,(H2,21,23,24,26). The van der Waals surface area contributed by atoms with E-state index in [0.29, 0.717) is 5.95 Å². The molecule has 1 aliphatic carbocycles. The minimum Gasteiger partial charge on any atom is -0.378 e. The first-order valence-electron chi connectivity index (χ1n) is 9.92. The highest BCUT2D eigenvalue weighted by Gasteiger charge is 2.34. The van der Waals surface area contributed by atoms with Crippen LogP contribution in [-0.2, 0) is 11.2 Å². The summed E-state index contributed by atoms with van der Waals surface area (Å²) >= 11 is 0. The predicted molar refractivity (Wildman–Crippen MR) is 110 cm³/mol. The summed E-state index contributed by atoms with van der Waals surface area (Å²) in [6.45, 7) is 9.72. The van der Waals surface area contributed by atoms with Crippen molar-refractivity contribution in [1.29, 1.82) is 0 Å². The third kappa shape index (κ3) is 4.01. The van der Waals surface area contributed by atoms with E-state index < -0.39 is 0 Å². The number of fused-ring (bicyclic) bond motifs is 1. The number of rotatable bonds is 4. The van der Waals surface area contributed by atoms with Gasteiger partial charge in [0.15, 0.2) is 0 Å². The van der Waals surface area contributed by atoms with Gasteiger partial charge in [-0.3, -0.25) is 0 Å². The smallest absolute Gasteiger partial charge is 0.225 e. The maximum absolute atomic E-state index is 5.45. The molecule has 3 heterocycles. The summed E-state index contributed by atoms with van der Waals surface area (Å²) in [5, 5.41) is 6.62. The Labute approximate surface area is 166 Å². The van der Waals surface area contributed by atoms with Crippen molar-refractivity contribution in [2.75, 3.05) is 48.9 Å². The molecule has 2 aromatic heterocycles. The molecular weight excluding hydrogens is 354 g/mol. The number of morpholine rings is 1. The van der Waals surface area contributed by atoms with Crippen LogP contribution in [-0.4, -0.2) is 53.3 Å². The molecule has 0 bridgehead atoms. The zero-order valence-corrected chi connectivity index (χ0v) is 17.1. The van der Waals surface area contributed by atoms with Crippen LogP contribution in [0.15, 0.2) is 12.3 Å². The zero-order chi connectivity index (χ0) is 19.7. The van der Waals surface area contributed by atoms with Crippen LogP contribution in [0.4, 0.5) is 17.7 Å². The first-order chi connectivity index (χ1) is 13.4. The molecule has 0 amide bonds. The Morgan fingerprint density at radius 1 is 1.18 bits per heavy atom. The number of nitrogens with one attached hydrogen (secondary N) is 2. The lowest BCUT2D eigenvalue weighted by Crippen LogP contribution is -2.38. The number of ether oxygens (including phenoxy) is 1. The van der Waals surface area contributed by atoms with Crippen molar-refractivity contribution in [3.05, 3.63) is 29.2 Å². The molecule has 28 heavy (non-hydrogen) atoms. The van der Waals surface area contributed by atoms with E-state index >= 15 is 0 Å². The molecule has 0 spiro atoms. The fourth-order valence-electron chi connectivity index (χ4n) is 4.01. The van der Waals surface area contributed by atoms with Gasteiger partial charge in [0.25, 0.3) is 0 Å². The lowest BCUT2D eigenvalue weighted by atomic mass is 9.74. The van der Waals surface area contributed by atoms with Crippen molar-refractivity contribution in [1.82, 2.24) is 19.9 Å². The lowest BCUT2D eigenvalue weighted by molar-refractivity contribution is 0.122. The fraction of sp³-hybridized carbons (Fsp3) is 0.600. The van der Waals surface area contributed by atoms with Crippen LogP contribution in [0.1, 0.15) is 43.3 Å². The quantitative estimate of drug-likeness (QED) is 0.833. The Morgan fingerprint density at radius 2 is 1.96 bits per heavy atom. The number of aromatic nitrogens is 4. The molecule has 1 aliphatic heterocycles. The van der Waals surface area contributed by atoms with Crippen molar-refractivity contribution < 1.29 is 4.74 Å². The van der Waals surface area contributed by atoms with E-state index in [2.05, 4.69) is 44.3 Å². The van der Waals surface area contributed by atoms with Crippen molar-refractivity contribution in [2.24, 2.45) is 5.41 Å². The van der Waals surface area contributed by atoms with Crippen LogP contribution < -0.4 is 15.5 Å². The number of anilines is 3. The normalized spacial score (nSPS) is 21.1. The molecule has 0 aromatic carbocycles. The second-order valence-electron chi connectivity index (χ2n) is 8.38. The number of hydrogen-bond acceptors (Lipinski definition) is 8. The molecule has 8 heteroatoms. The molecule has 2 aromatic rings. The SMILES string of the molecule is CNc1nc(C)cc(NC2CC(C)(C)Cc3nc(N4CCOCC4)ncc32)n1. The summed E-state index contributed by atoms with van der Waals surface area (Å²) in [6, 6.07) is 2.10. The Bertz CT molecular complexity index is 848. The summed E-state index contributed by atoms with van der Waals surface area (Å²) < 4.78 is 5.45. The molecule has 1 saturated heterocycles. The Balaban J connectivity index is 1.63. The molecule has 0 radical (unpaired) electrons. The van der Waals surface area contributed by atoms with E-state index in [1.165, 1.54) is 5.56 Å². The molecule has 1 fully saturated rings. The van der Waals surface area contributed by atoms with Gasteiger partial charge in [-0.25, -0.2) is 15.0 Å². The molecule has 1 unspecified atom stereocenters. The van der Waals surface area contributed by atoms with E-state index in [9.17, 15) is 0 Å². The number of aryl methyl sites for hydroxylation is 1. The summed E-state index contributed by atoms with van der Waals surface area (Å²) in [7, 11) is 1.83. The third-order valence-electron chi connectivity index (χ3n) is 5.36. The molecule has 8 nitrogen and oxygen atoms in total. The predicted octanol–water partition coefficient (Wildman–Crippen LogP) is 2.58. The molecular formula is C20H29N7O. The van der Waals surface area contributed by atoms with E-state index in [4.69, 9.17) is 9.72 Å². The first-order valence-corrected chi connectivity index (χ1v) is 9.92. The van der Waals surface area contributed by atoms with Crippen molar-refractivity contribution in [2.45, 2.75) is 39.7 Å². The van der Waals surface area contributed by atoms with Gasteiger partial charge < -0.3 is 20.3 Å². The second kappa shape index (κ2) is 7.50. The van der Waals surface area contributed by atoms with Crippen LogP contribution in [0.25, 0.3) is 0 Å². The minimum atomic E-state index is 0.122. The van der Waals surface area contributed by atoms with Gasteiger partial charge in [0.1, 0.15) is 5.82 Å². The Kier molecular flexibility index (Phi) is 5.05. The van der Waals surface area contributed by atoms with Gasteiger partial charge in [-0.15, -0.1) is 0 Å². The van der Waals surface area contributed by atoms with Gasteiger partial charge in [-0.05, 0) is 25.2 Å². The van der Waals surface area contributed by atoms with Gasteiger partial charge in [-0.2, -0.15) is 4.98 Å². The Hall–Kier alpha value is -2.48. The maximum atomic E-state index is 5.45. The van der Waals surface area contributed by atoms with E-state index in [0.717, 1.165) is 62.3 Å². The van der Waals surface area contributed by atoms with Gasteiger partial charge in [0.2, 0.25) is 11.9 Å². The van der Waals surface area contributed by atoms with Gasteiger partial charge >= 0.3 is 0 Å². The topological polar surface area (TPSA) is 88.1 Å². The van der Waals surface area contributed by atoms with Gasteiger partial charge in [-0.1, -0.05) is 13.8 Å². The maximum Gasteiger partial charge on any atom is 0.225 e. The number of nitrogens with zero attached hydrogens (tertiary/aromatic N) is 5. The van der Waals surface area contributed by atoms with Crippen LogP contribution in [0.2, 0.25) is 0 Å². The van der Waals surface area contributed by atoms with Gasteiger partial charge in [0, 0.05) is 43.7 Å². The summed E-state index contributed by atoms with van der Waals surface area (Å²) in [5.74, 6) is 2.26. The summed E-state index contributed by atoms with van der Waals surface area (Å²) in [6.07, 6.45) is 3.94. The molecule has 2 aliphatic rings. The average Bonchev–Trinajstić information content (AvgIpc) is 2.67. The second-order valence-corrected chi connectivity index (χ2v) is 8.38. The average molecular weight is 384 g/mol. The zero-order valence-electron chi connectivity index (χ0n) is 17.1. The minimum absolute atomic E-state index is 0.122. The monoisotopic (exact) mass is 383 g/mol. The van der Waals surface area contributed by atoms with Crippen molar-refractivity contribution in [3.63, 3.8) is 0 Å². The first kappa shape index (κ1) is 18.9. The van der Waals surface area contributed by atoms with Crippen LogP contribution in [0, 0.1) is 12.3 Å². The highest BCUT2D eigenvalue weighted by Crippen LogP contribution is 2.41. The van der Waals surface area contributed by atoms with Crippen molar-refractivity contribution >= 4 is 17.7 Å². The van der Waals surface area contributed by atoms with E-state index in [-0.39, 0.29) is 11.5 Å². The van der Waals surface area contributed by atoms with E-state index in [1.807, 2.05) is 26.2 Å². The molecule has 1 atom stereocenters. The van der Waals surface area contributed by atoms with Crippen molar-refractivity contribution in [3.8, 4) is 0 Å². The Morgan fingerprint density at radius 3 is 2.71 bits per heavy atom. The molecule has 2 N–H and O–H groups in total. The van der Waals surface area contributed by atoms with Crippen LogP contribution >= 0.6 is 0 Å². The largest absolute Gasteiger partial charge is 0.378 e. The number of hydrogen-bond donors (Lipinski definition) is 2. The van der Waals surface area contributed by atoms with Crippen LogP contribution in [0.3, 0.4) is 0 Å². The van der Waals surface area contributed by atoms with Gasteiger partial charge in [0.05, 0.1) is 24.9 Å². The van der Waals surface area contributed by atoms with E-state index in [1.54, 1.807) is 0 Å². The molecule has 150 valence electrons. The molecule has 0 saturated carbocycles. The van der Waals surface area contributed by atoms with Crippen LogP contribution in [0.5, 0.6) is 0 Å². The summed E-state index contributed by atoms with van der Waals surface area (Å²) in [4.78, 5) is 20.8. The molecule has 4 rings (SSSR count). The lowest BCUT2D eigenvalue weighted by Gasteiger charge is -2.37. The fourth-order valence-corrected chi connectivity index (χ4v) is 4.01. The highest BCUT2D eigenvalue weighted by atomic mass is 16.5. The summed E-state index contributed by atoms with van der Waals surface area (Å²) in [5.41, 5.74) is 3.37.